The van der Waals surface area contributed by atoms with Gasteiger partial charge < -0.3 is 20.4 Å². The molecule has 0 saturated carbocycles. The van der Waals surface area contributed by atoms with E-state index in [1.54, 1.807) is 0 Å². The van der Waals surface area contributed by atoms with E-state index in [0.29, 0.717) is 0 Å². The highest BCUT2D eigenvalue weighted by atomic mass is 35.5. The smallest absolute Gasteiger partial charge is 0.159 e. The van der Waals surface area contributed by atoms with Crippen LogP contribution in [0.3, 0.4) is 0 Å². The van der Waals surface area contributed by atoms with Crippen molar-refractivity contribution < 1.29 is 20.4 Å². The summed E-state index contributed by atoms with van der Waals surface area (Å²) in [6.45, 7) is -0.939. The van der Waals surface area contributed by atoms with E-state index >= 15 is 0 Å². The van der Waals surface area contributed by atoms with Gasteiger partial charge in [-0.05, 0) is 6.42 Å². The van der Waals surface area contributed by atoms with E-state index < -0.39 is 28.5 Å². The Morgan fingerprint density at radius 2 is 1.64 bits per heavy atom. The van der Waals surface area contributed by atoms with Gasteiger partial charge >= 0.3 is 0 Å². The highest BCUT2D eigenvalue weighted by Gasteiger charge is 2.40. The second kappa shape index (κ2) is 6.33. The molecule has 0 heterocycles. The zero-order chi connectivity index (χ0) is 11.4. The lowest BCUT2D eigenvalue weighted by atomic mass is 10.1. The first-order valence-electron chi connectivity index (χ1n) is 3.96. The van der Waals surface area contributed by atoms with E-state index in [1.165, 1.54) is 0 Å². The summed E-state index contributed by atoms with van der Waals surface area (Å²) in [6, 6.07) is 0. The number of hydrogen-bond acceptors (Lipinski definition) is 4. The first-order valence-corrected chi connectivity index (χ1v) is 5.15. The largest absolute Gasteiger partial charge is 0.396 e. The molecule has 86 valence electrons. The Morgan fingerprint density at radius 1 is 1.14 bits per heavy atom. The molecular formula is C7H13Cl3O4. The third-order valence-corrected chi connectivity index (χ3v) is 3.30. The molecule has 0 bridgehead atoms. The maximum Gasteiger partial charge on any atom is 0.159 e. The van der Waals surface area contributed by atoms with E-state index in [4.69, 9.17) is 45.0 Å². The molecule has 14 heavy (non-hydrogen) atoms. The van der Waals surface area contributed by atoms with E-state index in [2.05, 4.69) is 0 Å². The molecule has 0 amide bonds. The molecule has 4 nitrogen and oxygen atoms in total. The Balaban J connectivity index is 4.30. The summed E-state index contributed by atoms with van der Waals surface area (Å²) in [4.78, 5) is 0. The van der Waals surface area contributed by atoms with Crippen molar-refractivity contribution in [3.05, 3.63) is 0 Å². The van der Waals surface area contributed by atoms with Crippen molar-refractivity contribution in [3.8, 4) is 0 Å². The zero-order valence-electron chi connectivity index (χ0n) is 7.28. The molecule has 0 saturated heterocycles. The third-order valence-electron chi connectivity index (χ3n) is 1.73. The van der Waals surface area contributed by atoms with Crippen LogP contribution in [0, 0.1) is 0 Å². The molecule has 0 aromatic rings. The van der Waals surface area contributed by atoms with Gasteiger partial charge in [-0.15, -0.1) is 11.6 Å². The van der Waals surface area contributed by atoms with Crippen molar-refractivity contribution in [2.24, 2.45) is 0 Å². The quantitative estimate of drug-likeness (QED) is 0.505. The molecule has 0 aliphatic heterocycles. The molecule has 0 rings (SSSR count). The third kappa shape index (κ3) is 4.06. The van der Waals surface area contributed by atoms with Gasteiger partial charge in [0.25, 0.3) is 0 Å². The molecule has 0 aromatic heterocycles. The molecule has 3 unspecified atom stereocenters. The molecule has 0 spiro atoms. The van der Waals surface area contributed by atoms with Gasteiger partial charge in [-0.25, -0.2) is 0 Å². The fourth-order valence-electron chi connectivity index (χ4n) is 0.835. The number of hydrogen-bond donors (Lipinski definition) is 4. The molecule has 4 N–H and O–H groups in total. The standard InChI is InChI=1S/C7H13Cl3O4/c8-6(7(9,10)3-12)5(14)4(13)1-2-11/h4-6,11-14H,1-3H2. The van der Waals surface area contributed by atoms with Crippen LogP contribution in [-0.2, 0) is 0 Å². The maximum absolute atomic E-state index is 9.41. The van der Waals surface area contributed by atoms with Crippen LogP contribution in [0.4, 0.5) is 0 Å². The Labute approximate surface area is 97.0 Å². The fraction of sp³-hybridized carbons (Fsp3) is 1.00. The maximum atomic E-state index is 9.41. The van der Waals surface area contributed by atoms with Crippen molar-refractivity contribution in [3.63, 3.8) is 0 Å². The average Bonchev–Trinajstić information content (AvgIpc) is 2.15. The summed E-state index contributed by atoms with van der Waals surface area (Å²) >= 11 is 16.8. The summed E-state index contributed by atoms with van der Waals surface area (Å²) in [6.07, 6.45) is -2.68. The lowest BCUT2D eigenvalue weighted by Gasteiger charge is -2.29. The van der Waals surface area contributed by atoms with Crippen molar-refractivity contribution in [2.75, 3.05) is 13.2 Å². The molecule has 0 fully saturated rings. The Morgan fingerprint density at radius 3 is 2.00 bits per heavy atom. The summed E-state index contributed by atoms with van der Waals surface area (Å²) in [7, 11) is 0. The van der Waals surface area contributed by atoms with E-state index in [9.17, 15) is 10.2 Å². The average molecular weight is 268 g/mol. The van der Waals surface area contributed by atoms with Crippen LogP contribution in [0.2, 0.25) is 0 Å². The van der Waals surface area contributed by atoms with Gasteiger partial charge in [-0.3, -0.25) is 0 Å². The van der Waals surface area contributed by atoms with Gasteiger partial charge in [-0.2, -0.15) is 0 Å². The van der Waals surface area contributed by atoms with Gasteiger partial charge in [-0.1, -0.05) is 23.2 Å². The predicted octanol–water partition coefficient (Wildman–Crippen LogP) is -0.136. The number of halogens is 3. The van der Waals surface area contributed by atoms with Gasteiger partial charge in [0.15, 0.2) is 4.33 Å². The molecule has 0 aromatic carbocycles. The molecule has 0 aliphatic carbocycles. The minimum atomic E-state index is -1.72. The van der Waals surface area contributed by atoms with Crippen LogP contribution < -0.4 is 0 Å². The Hall–Kier alpha value is 0.710. The topological polar surface area (TPSA) is 80.9 Å². The normalized spacial score (nSPS) is 19.1. The van der Waals surface area contributed by atoms with E-state index in [-0.39, 0.29) is 13.0 Å². The van der Waals surface area contributed by atoms with Crippen LogP contribution in [0.15, 0.2) is 0 Å². The number of rotatable bonds is 6. The molecular weight excluding hydrogens is 254 g/mol. The molecule has 3 atom stereocenters. The summed E-state index contributed by atoms with van der Waals surface area (Å²) < 4.78 is -1.72. The minimum Gasteiger partial charge on any atom is -0.396 e. The second-order valence-corrected chi connectivity index (χ2v) is 4.90. The molecule has 7 heteroatoms. The Kier molecular flexibility index (Phi) is 6.65. The van der Waals surface area contributed by atoms with Crippen LogP contribution in [0.5, 0.6) is 0 Å². The first-order chi connectivity index (χ1) is 6.36. The number of alkyl halides is 3. The van der Waals surface area contributed by atoms with Crippen LogP contribution >= 0.6 is 34.8 Å². The van der Waals surface area contributed by atoms with Gasteiger partial charge in [0.2, 0.25) is 0 Å². The lowest BCUT2D eigenvalue weighted by Crippen LogP contribution is -2.45. The predicted molar refractivity (Wildman–Crippen MR) is 54.9 cm³/mol. The SMILES string of the molecule is OCCC(O)C(O)C(Cl)C(Cl)(Cl)CO. The van der Waals surface area contributed by atoms with E-state index in [0.717, 1.165) is 0 Å². The van der Waals surface area contributed by atoms with Gasteiger partial charge in [0, 0.05) is 6.61 Å². The molecule has 0 aliphatic rings. The summed E-state index contributed by atoms with van der Waals surface area (Å²) in [5.41, 5.74) is 0. The zero-order valence-corrected chi connectivity index (χ0v) is 9.54. The van der Waals surface area contributed by atoms with Crippen molar-refractivity contribution >= 4 is 34.8 Å². The van der Waals surface area contributed by atoms with E-state index in [1.807, 2.05) is 0 Å². The number of aliphatic hydroxyl groups is 4. The van der Waals surface area contributed by atoms with Crippen LogP contribution in [-0.4, -0.2) is 55.6 Å². The van der Waals surface area contributed by atoms with Crippen LogP contribution in [0.25, 0.3) is 0 Å². The minimum absolute atomic E-state index is 0.0420. The monoisotopic (exact) mass is 266 g/mol. The highest BCUT2D eigenvalue weighted by molar-refractivity contribution is 6.52. The summed E-state index contributed by atoms with van der Waals surface area (Å²) in [5.74, 6) is 0. The van der Waals surface area contributed by atoms with Crippen molar-refractivity contribution in [2.45, 2.75) is 28.3 Å². The highest BCUT2D eigenvalue weighted by Crippen LogP contribution is 2.32. The Bertz CT molecular complexity index is 167. The van der Waals surface area contributed by atoms with Gasteiger partial charge in [0.05, 0.1) is 24.2 Å². The first kappa shape index (κ1) is 14.7. The van der Waals surface area contributed by atoms with Crippen LogP contribution in [0.1, 0.15) is 6.42 Å². The van der Waals surface area contributed by atoms with Gasteiger partial charge in [0.1, 0.15) is 0 Å². The second-order valence-electron chi connectivity index (χ2n) is 2.89. The van der Waals surface area contributed by atoms with Crippen molar-refractivity contribution in [1.82, 2.24) is 0 Å². The summed E-state index contributed by atoms with van der Waals surface area (Å²) in [5, 5.41) is 34.7. The number of aliphatic hydroxyl groups excluding tert-OH is 4. The van der Waals surface area contributed by atoms with Crippen molar-refractivity contribution in [1.29, 1.82) is 0 Å². The fourth-order valence-corrected chi connectivity index (χ4v) is 1.33. The lowest BCUT2D eigenvalue weighted by molar-refractivity contribution is -0.000825. The molecule has 0 radical (unpaired) electrons.